The van der Waals surface area contributed by atoms with E-state index in [0.717, 1.165) is 23.8 Å². The lowest BCUT2D eigenvalue weighted by Gasteiger charge is -2.33. The Bertz CT molecular complexity index is 999. The molecule has 0 unspecified atom stereocenters. The van der Waals surface area contributed by atoms with Crippen molar-refractivity contribution in [1.82, 2.24) is 9.21 Å². The van der Waals surface area contributed by atoms with Crippen LogP contribution in [-0.4, -0.2) is 56.3 Å². The van der Waals surface area contributed by atoms with Crippen molar-refractivity contribution >= 4 is 21.6 Å². The minimum atomic E-state index is -3.60. The number of carbonyl (C=O) groups is 1. The fraction of sp³-hybridized carbons (Fsp3) is 0.350. The first-order valence-electron chi connectivity index (χ1n) is 9.21. The van der Waals surface area contributed by atoms with Gasteiger partial charge in [-0.05, 0) is 43.2 Å². The molecule has 1 N–H and O–H groups in total. The summed E-state index contributed by atoms with van der Waals surface area (Å²) in [4.78, 5) is 14.3. The van der Waals surface area contributed by atoms with Gasteiger partial charge in [0.15, 0.2) is 0 Å². The molecule has 1 fully saturated rings. The summed E-state index contributed by atoms with van der Waals surface area (Å²) in [6, 6.07) is 8.13. The molecule has 1 heterocycles. The van der Waals surface area contributed by atoms with Crippen LogP contribution in [-0.2, 0) is 14.8 Å². The lowest BCUT2D eigenvalue weighted by Crippen LogP contribution is -2.50. The van der Waals surface area contributed by atoms with Crippen LogP contribution in [0.3, 0.4) is 0 Å². The topological polar surface area (TPSA) is 69.7 Å². The molecule has 29 heavy (non-hydrogen) atoms. The highest BCUT2D eigenvalue weighted by Gasteiger charge is 2.30. The Hall–Kier alpha value is -2.36. The van der Waals surface area contributed by atoms with Gasteiger partial charge >= 0.3 is 0 Å². The molecule has 9 heteroatoms. The van der Waals surface area contributed by atoms with Gasteiger partial charge in [-0.2, -0.15) is 4.31 Å². The molecule has 0 aliphatic carbocycles. The summed E-state index contributed by atoms with van der Waals surface area (Å²) in [5.74, 6) is -1.96. The molecule has 0 bridgehead atoms. The second-order valence-corrected chi connectivity index (χ2v) is 9.06. The number of anilines is 1. The van der Waals surface area contributed by atoms with Gasteiger partial charge in [0.25, 0.3) is 0 Å². The maximum absolute atomic E-state index is 13.2. The van der Waals surface area contributed by atoms with Crippen molar-refractivity contribution in [3.8, 4) is 0 Å². The van der Waals surface area contributed by atoms with Crippen LogP contribution < -0.4 is 5.32 Å². The normalized spacial score (nSPS) is 16.0. The maximum atomic E-state index is 13.2. The Balaban J connectivity index is 1.58. The monoisotopic (exact) mass is 423 g/mol. The number of aryl methyl sites for hydroxylation is 2. The Morgan fingerprint density at radius 3 is 2.24 bits per heavy atom. The van der Waals surface area contributed by atoms with Crippen molar-refractivity contribution in [3.05, 3.63) is 59.2 Å². The zero-order valence-electron chi connectivity index (χ0n) is 16.3. The lowest BCUT2D eigenvalue weighted by molar-refractivity contribution is -0.117. The molecule has 3 rings (SSSR count). The molecule has 0 atom stereocenters. The van der Waals surface area contributed by atoms with E-state index in [1.807, 2.05) is 13.0 Å². The highest BCUT2D eigenvalue weighted by molar-refractivity contribution is 7.89. The van der Waals surface area contributed by atoms with Gasteiger partial charge in [-0.25, -0.2) is 17.2 Å². The molecule has 1 aliphatic heterocycles. The molecule has 0 saturated carbocycles. The van der Waals surface area contributed by atoms with Gasteiger partial charge in [0.05, 0.1) is 11.4 Å². The SMILES string of the molecule is Cc1ccc(C)c(S(=O)(=O)N2CCN(CC(=O)Nc3cc(F)cc(F)c3)CC2)c1. The lowest BCUT2D eigenvalue weighted by atomic mass is 10.2. The zero-order chi connectivity index (χ0) is 21.2. The Kier molecular flexibility index (Phi) is 6.30. The first-order chi connectivity index (χ1) is 13.6. The molecule has 1 saturated heterocycles. The first kappa shape index (κ1) is 21.4. The predicted octanol–water partition coefficient (Wildman–Crippen LogP) is 2.53. The third-order valence-electron chi connectivity index (χ3n) is 4.81. The number of sulfonamides is 1. The van der Waals surface area contributed by atoms with E-state index in [2.05, 4.69) is 5.32 Å². The maximum Gasteiger partial charge on any atom is 0.243 e. The zero-order valence-corrected chi connectivity index (χ0v) is 17.1. The number of carbonyl (C=O) groups excluding carboxylic acids is 1. The Morgan fingerprint density at radius 2 is 1.62 bits per heavy atom. The average molecular weight is 423 g/mol. The summed E-state index contributed by atoms with van der Waals surface area (Å²) < 4.78 is 53.8. The molecule has 2 aromatic carbocycles. The van der Waals surface area contributed by atoms with Crippen LogP contribution in [0.1, 0.15) is 11.1 Å². The molecule has 2 aromatic rings. The van der Waals surface area contributed by atoms with E-state index in [1.54, 1.807) is 24.0 Å². The van der Waals surface area contributed by atoms with Crippen molar-refractivity contribution in [1.29, 1.82) is 0 Å². The summed E-state index contributed by atoms with van der Waals surface area (Å²) in [7, 11) is -3.60. The summed E-state index contributed by atoms with van der Waals surface area (Å²) in [6.45, 7) is 4.91. The second kappa shape index (κ2) is 8.56. The number of hydrogen-bond donors (Lipinski definition) is 1. The summed E-state index contributed by atoms with van der Waals surface area (Å²) in [5.41, 5.74) is 1.61. The average Bonchev–Trinajstić information content (AvgIpc) is 2.63. The third-order valence-corrected chi connectivity index (χ3v) is 6.85. The number of benzene rings is 2. The minimum absolute atomic E-state index is 0.00942. The largest absolute Gasteiger partial charge is 0.325 e. The minimum Gasteiger partial charge on any atom is -0.325 e. The molecule has 1 aliphatic rings. The fourth-order valence-electron chi connectivity index (χ4n) is 3.28. The highest BCUT2D eigenvalue weighted by atomic mass is 32.2. The molecule has 0 aromatic heterocycles. The predicted molar refractivity (Wildman–Crippen MR) is 106 cm³/mol. The van der Waals surface area contributed by atoms with Crippen molar-refractivity contribution in [3.63, 3.8) is 0 Å². The van der Waals surface area contributed by atoms with E-state index >= 15 is 0 Å². The summed E-state index contributed by atoms with van der Waals surface area (Å²) in [6.07, 6.45) is 0. The van der Waals surface area contributed by atoms with Crippen LogP contribution in [0.4, 0.5) is 14.5 Å². The quantitative estimate of drug-likeness (QED) is 0.803. The number of piperazine rings is 1. The van der Waals surface area contributed by atoms with Gasteiger partial charge < -0.3 is 5.32 Å². The van der Waals surface area contributed by atoms with Gasteiger partial charge in [-0.1, -0.05) is 12.1 Å². The first-order valence-corrected chi connectivity index (χ1v) is 10.6. The van der Waals surface area contributed by atoms with Crippen LogP contribution in [0.5, 0.6) is 0 Å². The van der Waals surface area contributed by atoms with Gasteiger partial charge in [0.2, 0.25) is 15.9 Å². The number of halogens is 2. The number of amides is 1. The number of nitrogens with one attached hydrogen (secondary N) is 1. The Morgan fingerprint density at radius 1 is 1.00 bits per heavy atom. The molecular weight excluding hydrogens is 400 g/mol. The van der Waals surface area contributed by atoms with Gasteiger partial charge in [0.1, 0.15) is 11.6 Å². The second-order valence-electron chi connectivity index (χ2n) is 7.16. The summed E-state index contributed by atoms with van der Waals surface area (Å²) in [5, 5.41) is 2.46. The van der Waals surface area contributed by atoms with E-state index in [-0.39, 0.29) is 25.3 Å². The van der Waals surface area contributed by atoms with Crippen LogP contribution >= 0.6 is 0 Å². The standard InChI is InChI=1S/C20H23F2N3O3S/c1-14-3-4-15(2)19(9-14)29(27,28)25-7-5-24(6-8-25)13-20(26)23-18-11-16(21)10-17(22)12-18/h3-4,9-12H,5-8,13H2,1-2H3,(H,23,26). The fourth-order valence-corrected chi connectivity index (χ4v) is 5.01. The van der Waals surface area contributed by atoms with Crippen molar-refractivity contribution < 1.29 is 22.0 Å². The van der Waals surface area contributed by atoms with Crippen molar-refractivity contribution in [2.45, 2.75) is 18.7 Å². The van der Waals surface area contributed by atoms with E-state index in [1.165, 1.54) is 4.31 Å². The Labute approximate surface area is 169 Å². The molecular formula is C20H23F2N3O3S. The number of rotatable bonds is 5. The van der Waals surface area contributed by atoms with Crippen LogP contribution in [0, 0.1) is 25.5 Å². The van der Waals surface area contributed by atoms with Crippen LogP contribution in [0.2, 0.25) is 0 Å². The van der Waals surface area contributed by atoms with Crippen LogP contribution in [0.25, 0.3) is 0 Å². The molecule has 0 radical (unpaired) electrons. The van der Waals surface area contributed by atoms with Gasteiger partial charge in [-0.15, -0.1) is 0 Å². The van der Waals surface area contributed by atoms with E-state index in [4.69, 9.17) is 0 Å². The molecule has 6 nitrogen and oxygen atoms in total. The van der Waals surface area contributed by atoms with E-state index < -0.39 is 27.6 Å². The smallest absolute Gasteiger partial charge is 0.243 e. The third kappa shape index (κ3) is 5.17. The van der Waals surface area contributed by atoms with E-state index in [0.29, 0.717) is 23.5 Å². The molecule has 0 spiro atoms. The van der Waals surface area contributed by atoms with Crippen LogP contribution in [0.15, 0.2) is 41.3 Å². The highest BCUT2D eigenvalue weighted by Crippen LogP contribution is 2.22. The summed E-state index contributed by atoms with van der Waals surface area (Å²) >= 11 is 0. The molecule has 1 amide bonds. The van der Waals surface area contributed by atoms with Gasteiger partial charge in [0, 0.05) is 37.9 Å². The number of nitrogens with zero attached hydrogens (tertiary/aromatic N) is 2. The number of hydrogen-bond acceptors (Lipinski definition) is 4. The van der Waals surface area contributed by atoms with Gasteiger partial charge in [-0.3, -0.25) is 9.69 Å². The van der Waals surface area contributed by atoms with Crippen molar-refractivity contribution in [2.75, 3.05) is 38.0 Å². The molecule has 156 valence electrons. The van der Waals surface area contributed by atoms with E-state index in [9.17, 15) is 22.0 Å². The van der Waals surface area contributed by atoms with Crippen molar-refractivity contribution in [2.24, 2.45) is 0 Å².